The van der Waals surface area contributed by atoms with Crippen LogP contribution in [-0.4, -0.2) is 29.9 Å². The highest BCUT2D eigenvalue weighted by molar-refractivity contribution is 5.84. The summed E-state index contributed by atoms with van der Waals surface area (Å²) < 4.78 is 0. The minimum atomic E-state index is -0.0334. The molecular weight excluding hydrogens is 200 g/mol. The summed E-state index contributed by atoms with van der Waals surface area (Å²) in [6, 6.07) is 0.224. The van der Waals surface area contributed by atoms with E-state index in [2.05, 4.69) is 13.8 Å². The molecule has 1 aliphatic carbocycles. The Bertz CT molecular complexity index is 263. The van der Waals surface area contributed by atoms with Crippen molar-refractivity contribution in [2.45, 2.75) is 52.0 Å². The molecule has 0 aromatic heterocycles. The van der Waals surface area contributed by atoms with Crippen LogP contribution in [0.25, 0.3) is 0 Å². The molecule has 1 saturated carbocycles. The highest BCUT2D eigenvalue weighted by atomic mass is 16.2. The Labute approximate surface area is 98.4 Å². The van der Waals surface area contributed by atoms with E-state index in [-0.39, 0.29) is 11.5 Å². The van der Waals surface area contributed by atoms with Crippen molar-refractivity contribution in [1.29, 1.82) is 0 Å². The van der Waals surface area contributed by atoms with E-state index in [0.29, 0.717) is 11.8 Å². The number of rotatable bonds is 3. The Morgan fingerprint density at radius 2 is 1.94 bits per heavy atom. The molecule has 0 radical (unpaired) electrons. The van der Waals surface area contributed by atoms with Gasteiger partial charge in [-0.3, -0.25) is 4.79 Å². The van der Waals surface area contributed by atoms with Gasteiger partial charge in [0.05, 0.1) is 0 Å². The molecule has 2 N–H and O–H groups in total. The summed E-state index contributed by atoms with van der Waals surface area (Å²) in [6.07, 6.45) is 5.68. The van der Waals surface area contributed by atoms with Crippen molar-refractivity contribution >= 4 is 5.91 Å². The summed E-state index contributed by atoms with van der Waals surface area (Å²) in [4.78, 5) is 14.5. The molecular formula is C13H24N2O. The van der Waals surface area contributed by atoms with Crippen molar-refractivity contribution in [3.63, 3.8) is 0 Å². The van der Waals surface area contributed by atoms with Crippen LogP contribution in [-0.2, 0) is 4.79 Å². The van der Waals surface area contributed by atoms with Crippen LogP contribution < -0.4 is 5.73 Å². The Morgan fingerprint density at radius 3 is 2.38 bits per heavy atom. The Kier molecular flexibility index (Phi) is 3.24. The molecule has 3 heteroatoms. The lowest BCUT2D eigenvalue weighted by Crippen LogP contribution is -2.61. The van der Waals surface area contributed by atoms with Crippen molar-refractivity contribution in [1.82, 2.24) is 4.90 Å². The van der Waals surface area contributed by atoms with Gasteiger partial charge in [0.25, 0.3) is 0 Å². The largest absolute Gasteiger partial charge is 0.339 e. The first-order valence-corrected chi connectivity index (χ1v) is 6.58. The molecule has 2 fully saturated rings. The summed E-state index contributed by atoms with van der Waals surface area (Å²) >= 11 is 0. The molecule has 0 unspecified atom stereocenters. The number of likely N-dealkylation sites (tertiary alicyclic amines) is 1. The van der Waals surface area contributed by atoms with Crippen molar-refractivity contribution in [3.8, 4) is 0 Å². The van der Waals surface area contributed by atoms with E-state index in [1.165, 1.54) is 12.8 Å². The number of carbonyl (C=O) groups excluding carboxylic acids is 1. The van der Waals surface area contributed by atoms with Gasteiger partial charge in [-0.25, -0.2) is 0 Å². The summed E-state index contributed by atoms with van der Waals surface area (Å²) in [5, 5.41) is 0. The Morgan fingerprint density at radius 1 is 1.38 bits per heavy atom. The van der Waals surface area contributed by atoms with E-state index in [1.807, 2.05) is 4.90 Å². The van der Waals surface area contributed by atoms with Crippen LogP contribution in [0.4, 0.5) is 0 Å². The molecule has 2 rings (SSSR count). The summed E-state index contributed by atoms with van der Waals surface area (Å²) in [5.41, 5.74) is 5.72. The zero-order chi connectivity index (χ0) is 11.8. The SMILES string of the molecule is CC(C)CC1(C(=O)N2CC(N)C2)CCCC1. The number of hydrogen-bond donors (Lipinski definition) is 1. The highest BCUT2D eigenvalue weighted by Crippen LogP contribution is 2.45. The van der Waals surface area contributed by atoms with Gasteiger partial charge in [-0.05, 0) is 25.2 Å². The number of nitrogens with zero attached hydrogens (tertiary/aromatic N) is 1. The van der Waals surface area contributed by atoms with Crippen molar-refractivity contribution in [2.75, 3.05) is 13.1 Å². The maximum Gasteiger partial charge on any atom is 0.228 e. The summed E-state index contributed by atoms with van der Waals surface area (Å²) in [7, 11) is 0. The minimum Gasteiger partial charge on any atom is -0.339 e. The molecule has 1 heterocycles. The first-order valence-electron chi connectivity index (χ1n) is 6.58. The third-order valence-corrected chi connectivity index (χ3v) is 4.01. The first-order chi connectivity index (χ1) is 7.53. The van der Waals surface area contributed by atoms with E-state index >= 15 is 0 Å². The number of amides is 1. The van der Waals surface area contributed by atoms with Crippen molar-refractivity contribution < 1.29 is 4.79 Å². The molecule has 0 aromatic carbocycles. The molecule has 2 aliphatic rings. The van der Waals surface area contributed by atoms with Gasteiger partial charge in [0, 0.05) is 24.5 Å². The van der Waals surface area contributed by atoms with Crippen molar-refractivity contribution in [3.05, 3.63) is 0 Å². The monoisotopic (exact) mass is 224 g/mol. The second-order valence-electron chi connectivity index (χ2n) is 6.06. The third kappa shape index (κ3) is 2.10. The summed E-state index contributed by atoms with van der Waals surface area (Å²) in [6.45, 7) is 5.99. The van der Waals surface area contributed by atoms with Crippen molar-refractivity contribution in [2.24, 2.45) is 17.1 Å². The maximum atomic E-state index is 12.5. The van der Waals surface area contributed by atoms with E-state index in [4.69, 9.17) is 5.73 Å². The van der Waals surface area contributed by atoms with Crippen LogP contribution in [0.15, 0.2) is 0 Å². The van der Waals surface area contributed by atoms with Crippen LogP contribution in [0.1, 0.15) is 46.0 Å². The third-order valence-electron chi connectivity index (χ3n) is 4.01. The Balaban J connectivity index is 2.04. The normalized spacial score (nSPS) is 24.9. The fourth-order valence-electron chi connectivity index (χ4n) is 3.35. The molecule has 1 aliphatic heterocycles. The standard InChI is InChI=1S/C13H24N2O/c1-10(2)7-13(5-3-4-6-13)12(16)15-8-11(14)9-15/h10-11H,3-9,14H2,1-2H3. The molecule has 3 nitrogen and oxygen atoms in total. The van der Waals surface area contributed by atoms with Crippen LogP contribution in [0.5, 0.6) is 0 Å². The van der Waals surface area contributed by atoms with Gasteiger partial charge >= 0.3 is 0 Å². The predicted octanol–water partition coefficient (Wildman–Crippen LogP) is 1.76. The van der Waals surface area contributed by atoms with Gasteiger partial charge in [0.2, 0.25) is 5.91 Å². The van der Waals surface area contributed by atoms with Gasteiger partial charge in [0.15, 0.2) is 0 Å². The van der Waals surface area contributed by atoms with Gasteiger partial charge in [-0.1, -0.05) is 26.7 Å². The molecule has 0 aromatic rings. The van der Waals surface area contributed by atoms with Gasteiger partial charge in [0.1, 0.15) is 0 Å². The summed E-state index contributed by atoms with van der Waals surface area (Å²) in [5.74, 6) is 0.998. The zero-order valence-corrected chi connectivity index (χ0v) is 10.5. The zero-order valence-electron chi connectivity index (χ0n) is 10.5. The molecule has 0 spiro atoms. The molecule has 0 atom stereocenters. The molecule has 16 heavy (non-hydrogen) atoms. The lowest BCUT2D eigenvalue weighted by atomic mass is 9.76. The predicted molar refractivity (Wildman–Crippen MR) is 64.9 cm³/mol. The molecule has 92 valence electrons. The highest BCUT2D eigenvalue weighted by Gasteiger charge is 2.45. The number of hydrogen-bond acceptors (Lipinski definition) is 2. The quantitative estimate of drug-likeness (QED) is 0.794. The lowest BCUT2D eigenvalue weighted by molar-refractivity contribution is -0.147. The second kappa shape index (κ2) is 4.36. The smallest absolute Gasteiger partial charge is 0.228 e. The fourth-order valence-corrected chi connectivity index (χ4v) is 3.35. The average molecular weight is 224 g/mol. The topological polar surface area (TPSA) is 46.3 Å². The minimum absolute atomic E-state index is 0.0334. The van der Waals surface area contributed by atoms with Crippen LogP contribution in [0.2, 0.25) is 0 Å². The average Bonchev–Trinajstić information content (AvgIpc) is 2.60. The van der Waals surface area contributed by atoms with E-state index in [9.17, 15) is 4.79 Å². The van der Waals surface area contributed by atoms with Crippen LogP contribution in [0.3, 0.4) is 0 Å². The fraction of sp³-hybridized carbons (Fsp3) is 0.923. The Hall–Kier alpha value is -0.570. The van der Waals surface area contributed by atoms with E-state index in [1.54, 1.807) is 0 Å². The van der Waals surface area contributed by atoms with Crippen LogP contribution >= 0.6 is 0 Å². The maximum absolute atomic E-state index is 12.5. The molecule has 1 amide bonds. The molecule has 1 saturated heterocycles. The first kappa shape index (κ1) is 11.9. The number of carbonyl (C=O) groups is 1. The van der Waals surface area contributed by atoms with E-state index in [0.717, 1.165) is 32.4 Å². The van der Waals surface area contributed by atoms with E-state index < -0.39 is 0 Å². The second-order valence-corrected chi connectivity index (χ2v) is 6.06. The van der Waals surface area contributed by atoms with Gasteiger partial charge in [-0.2, -0.15) is 0 Å². The van der Waals surface area contributed by atoms with Gasteiger partial charge < -0.3 is 10.6 Å². The number of nitrogens with two attached hydrogens (primary N) is 1. The lowest BCUT2D eigenvalue weighted by Gasteiger charge is -2.43. The van der Waals surface area contributed by atoms with Gasteiger partial charge in [-0.15, -0.1) is 0 Å². The van der Waals surface area contributed by atoms with Crippen LogP contribution in [0, 0.1) is 11.3 Å². The molecule has 0 bridgehead atoms.